The zero-order valence-electron chi connectivity index (χ0n) is 8.57. The molecule has 14 heavy (non-hydrogen) atoms. The lowest BCUT2D eigenvalue weighted by Crippen LogP contribution is -2.27. The Labute approximate surface area is 89.9 Å². The first-order chi connectivity index (χ1) is 6.79. The van der Waals surface area contributed by atoms with Crippen LogP contribution in [0.2, 0.25) is 0 Å². The molecule has 1 heterocycles. The molecule has 0 aromatic heterocycles. The minimum atomic E-state index is -0.670. The molecule has 0 radical (unpaired) electrons. The van der Waals surface area contributed by atoms with E-state index < -0.39 is 5.97 Å². The molecule has 1 saturated heterocycles. The molecule has 0 aromatic rings. The second-order valence-electron chi connectivity index (χ2n) is 3.66. The van der Waals surface area contributed by atoms with Crippen molar-refractivity contribution >= 4 is 17.7 Å². The summed E-state index contributed by atoms with van der Waals surface area (Å²) in [5.41, 5.74) is 0. The van der Waals surface area contributed by atoms with Gasteiger partial charge in [-0.25, -0.2) is 0 Å². The van der Waals surface area contributed by atoms with Crippen LogP contribution in [-0.4, -0.2) is 47.1 Å². The lowest BCUT2D eigenvalue weighted by Gasteiger charge is -2.18. The van der Waals surface area contributed by atoms with Crippen LogP contribution in [0.5, 0.6) is 0 Å². The van der Waals surface area contributed by atoms with Crippen molar-refractivity contribution < 1.29 is 9.90 Å². The van der Waals surface area contributed by atoms with Crippen molar-refractivity contribution in [1.29, 1.82) is 0 Å². The van der Waals surface area contributed by atoms with Gasteiger partial charge in [-0.15, -0.1) is 0 Å². The number of carboxylic acids is 1. The quantitative estimate of drug-likeness (QED) is 0.711. The lowest BCUT2D eigenvalue weighted by atomic mass is 10.2. The third kappa shape index (κ3) is 5.50. The van der Waals surface area contributed by atoms with Crippen LogP contribution >= 0.6 is 11.8 Å². The van der Waals surface area contributed by atoms with Gasteiger partial charge in [0, 0.05) is 18.7 Å². The summed E-state index contributed by atoms with van der Waals surface area (Å²) in [5, 5.41) is 8.48. The maximum absolute atomic E-state index is 10.3. The van der Waals surface area contributed by atoms with Gasteiger partial charge < -0.3 is 10.0 Å². The van der Waals surface area contributed by atoms with Crippen molar-refractivity contribution in [1.82, 2.24) is 4.90 Å². The highest BCUT2D eigenvalue weighted by Crippen LogP contribution is 2.10. The molecule has 0 bridgehead atoms. The molecule has 1 rings (SSSR count). The summed E-state index contributed by atoms with van der Waals surface area (Å²) >= 11 is 2.03. The Morgan fingerprint density at radius 2 is 2.14 bits per heavy atom. The normalized spacial score (nSPS) is 19.1. The molecule has 1 aliphatic heterocycles. The number of hydrogen-bond acceptors (Lipinski definition) is 3. The third-order valence-corrected chi connectivity index (χ3v) is 3.48. The fourth-order valence-corrected chi connectivity index (χ4v) is 2.56. The monoisotopic (exact) mass is 217 g/mol. The third-order valence-electron chi connectivity index (χ3n) is 2.43. The van der Waals surface area contributed by atoms with Gasteiger partial charge in [0.15, 0.2) is 0 Å². The number of nitrogens with zero attached hydrogens (tertiary/aromatic N) is 1. The van der Waals surface area contributed by atoms with E-state index in [9.17, 15) is 4.79 Å². The number of carboxylic acid groups (broad SMARTS) is 1. The number of rotatable bonds is 5. The van der Waals surface area contributed by atoms with Gasteiger partial charge in [-0.3, -0.25) is 4.79 Å². The lowest BCUT2D eigenvalue weighted by molar-refractivity contribution is -0.137. The smallest absolute Gasteiger partial charge is 0.303 e. The summed E-state index contributed by atoms with van der Waals surface area (Å²) in [6, 6.07) is 0. The summed E-state index contributed by atoms with van der Waals surface area (Å²) < 4.78 is 0. The Morgan fingerprint density at radius 1 is 1.29 bits per heavy atom. The molecule has 0 atom stereocenters. The Morgan fingerprint density at radius 3 is 2.93 bits per heavy atom. The van der Waals surface area contributed by atoms with Crippen molar-refractivity contribution in [3.63, 3.8) is 0 Å². The fourth-order valence-electron chi connectivity index (χ4n) is 1.63. The number of unbranched alkanes of at least 4 members (excludes halogenated alkanes) is 1. The highest BCUT2D eigenvalue weighted by molar-refractivity contribution is 7.99. The molecule has 0 spiro atoms. The zero-order chi connectivity index (χ0) is 10.2. The molecule has 1 aliphatic rings. The van der Waals surface area contributed by atoms with Crippen LogP contribution in [0.4, 0.5) is 0 Å². The van der Waals surface area contributed by atoms with Gasteiger partial charge in [-0.05, 0) is 38.1 Å². The largest absolute Gasteiger partial charge is 0.481 e. The van der Waals surface area contributed by atoms with Gasteiger partial charge in [0.2, 0.25) is 0 Å². The molecule has 82 valence electrons. The molecular formula is C10H19NO2S. The first kappa shape index (κ1) is 11.9. The second-order valence-corrected chi connectivity index (χ2v) is 4.88. The summed E-state index contributed by atoms with van der Waals surface area (Å²) in [7, 11) is 0. The van der Waals surface area contributed by atoms with E-state index in [0.29, 0.717) is 6.42 Å². The molecule has 0 aromatic carbocycles. The molecule has 4 heteroatoms. The zero-order valence-corrected chi connectivity index (χ0v) is 9.39. The van der Waals surface area contributed by atoms with Crippen LogP contribution < -0.4 is 0 Å². The minimum absolute atomic E-state index is 0.322. The highest BCUT2D eigenvalue weighted by Gasteiger charge is 2.08. The van der Waals surface area contributed by atoms with Crippen LogP contribution in [-0.2, 0) is 4.79 Å². The van der Waals surface area contributed by atoms with Crippen molar-refractivity contribution in [2.75, 3.05) is 31.1 Å². The summed E-state index contributed by atoms with van der Waals surface area (Å²) in [6.07, 6.45) is 3.45. The van der Waals surface area contributed by atoms with E-state index >= 15 is 0 Å². The molecule has 0 saturated carbocycles. The summed E-state index contributed by atoms with van der Waals surface area (Å²) in [6.45, 7) is 3.45. The Hall–Kier alpha value is -0.220. The predicted molar refractivity (Wildman–Crippen MR) is 59.9 cm³/mol. The summed E-state index contributed by atoms with van der Waals surface area (Å²) in [4.78, 5) is 12.7. The van der Waals surface area contributed by atoms with Gasteiger partial charge in [-0.1, -0.05) is 0 Å². The summed E-state index contributed by atoms with van der Waals surface area (Å²) in [5.74, 6) is 1.85. The van der Waals surface area contributed by atoms with Gasteiger partial charge in [0.25, 0.3) is 0 Å². The van der Waals surface area contributed by atoms with Crippen molar-refractivity contribution in [2.24, 2.45) is 0 Å². The maximum atomic E-state index is 10.3. The number of thioether (sulfide) groups is 1. The average Bonchev–Trinajstić information content (AvgIpc) is 2.40. The molecule has 0 aliphatic carbocycles. The van der Waals surface area contributed by atoms with Crippen LogP contribution in [0.3, 0.4) is 0 Å². The molecule has 1 N–H and O–H groups in total. The van der Waals surface area contributed by atoms with E-state index in [1.807, 2.05) is 11.8 Å². The molecule has 1 fully saturated rings. The van der Waals surface area contributed by atoms with E-state index in [4.69, 9.17) is 5.11 Å². The van der Waals surface area contributed by atoms with E-state index in [1.165, 1.54) is 31.0 Å². The Kier molecular flexibility index (Phi) is 6.03. The van der Waals surface area contributed by atoms with E-state index in [-0.39, 0.29) is 0 Å². The maximum Gasteiger partial charge on any atom is 0.303 e. The average molecular weight is 217 g/mol. The highest BCUT2D eigenvalue weighted by atomic mass is 32.2. The number of hydrogen-bond donors (Lipinski definition) is 1. The van der Waals surface area contributed by atoms with Gasteiger partial charge >= 0.3 is 5.97 Å². The van der Waals surface area contributed by atoms with Gasteiger partial charge in [-0.2, -0.15) is 11.8 Å². The topological polar surface area (TPSA) is 40.5 Å². The van der Waals surface area contributed by atoms with Gasteiger partial charge in [0.05, 0.1) is 0 Å². The second kappa shape index (κ2) is 7.12. The van der Waals surface area contributed by atoms with Crippen LogP contribution in [0.15, 0.2) is 0 Å². The fraction of sp³-hybridized carbons (Fsp3) is 0.900. The SMILES string of the molecule is O=C(O)CCCCN1CCCSCC1. The van der Waals surface area contributed by atoms with Crippen LogP contribution in [0.1, 0.15) is 25.7 Å². The Bertz CT molecular complexity index is 168. The first-order valence-corrected chi connectivity index (χ1v) is 6.46. The standard InChI is InChI=1S/C10H19NO2S/c12-10(13)4-1-2-5-11-6-3-8-14-9-7-11/h1-9H2,(H,12,13). The predicted octanol–water partition coefficient (Wildman–Crippen LogP) is 1.68. The minimum Gasteiger partial charge on any atom is -0.481 e. The van der Waals surface area contributed by atoms with Crippen molar-refractivity contribution in [3.8, 4) is 0 Å². The molecule has 0 unspecified atom stereocenters. The van der Waals surface area contributed by atoms with Crippen LogP contribution in [0.25, 0.3) is 0 Å². The first-order valence-electron chi connectivity index (χ1n) is 5.31. The number of carbonyl (C=O) groups is 1. The van der Waals surface area contributed by atoms with Crippen LogP contribution in [0, 0.1) is 0 Å². The molecular weight excluding hydrogens is 198 g/mol. The van der Waals surface area contributed by atoms with E-state index in [0.717, 1.165) is 19.4 Å². The number of aliphatic carboxylic acids is 1. The molecule has 0 amide bonds. The van der Waals surface area contributed by atoms with E-state index in [2.05, 4.69) is 4.90 Å². The Balaban J connectivity index is 2.01. The van der Waals surface area contributed by atoms with Crippen molar-refractivity contribution in [3.05, 3.63) is 0 Å². The van der Waals surface area contributed by atoms with Crippen molar-refractivity contribution in [2.45, 2.75) is 25.7 Å². The molecule has 3 nitrogen and oxygen atoms in total. The van der Waals surface area contributed by atoms with E-state index in [1.54, 1.807) is 0 Å². The van der Waals surface area contributed by atoms with Gasteiger partial charge in [0.1, 0.15) is 0 Å².